The number of rotatable bonds is 4. The van der Waals surface area contributed by atoms with Gasteiger partial charge in [0, 0.05) is 24.8 Å². The molecule has 1 amide bonds. The Morgan fingerprint density at radius 1 is 1.33 bits per heavy atom. The van der Waals surface area contributed by atoms with Crippen LogP contribution in [0.2, 0.25) is 0 Å². The molecule has 2 aliphatic heterocycles. The Morgan fingerprint density at radius 2 is 2.19 bits per heavy atom. The van der Waals surface area contributed by atoms with Crippen LogP contribution >= 0.6 is 0 Å². The third kappa shape index (κ3) is 2.91. The highest BCUT2D eigenvalue weighted by atomic mass is 16.5. The van der Waals surface area contributed by atoms with E-state index in [2.05, 4.69) is 0 Å². The van der Waals surface area contributed by atoms with Crippen LogP contribution in [-0.4, -0.2) is 41.7 Å². The Balaban J connectivity index is 1.76. The van der Waals surface area contributed by atoms with E-state index in [-0.39, 0.29) is 18.4 Å². The number of benzene rings is 1. The van der Waals surface area contributed by atoms with Gasteiger partial charge in [0.2, 0.25) is 5.91 Å². The molecule has 4 heteroatoms. The van der Waals surface area contributed by atoms with Crippen molar-refractivity contribution in [2.24, 2.45) is 0 Å². The molecule has 1 saturated heterocycles. The highest BCUT2D eigenvalue weighted by Crippen LogP contribution is 2.36. The number of hydrogen-bond acceptors (Lipinski definition) is 3. The topological polar surface area (TPSA) is 49.8 Å². The van der Waals surface area contributed by atoms with Gasteiger partial charge in [0.15, 0.2) is 0 Å². The predicted octanol–water partition coefficient (Wildman–Crippen LogP) is 2.32. The molecule has 0 aromatic heterocycles. The molecule has 2 atom stereocenters. The lowest BCUT2D eigenvalue weighted by atomic mass is 9.91. The largest absolute Gasteiger partial charge is 0.493 e. The molecular formula is C17H23NO3. The first-order chi connectivity index (χ1) is 10.3. The first-order valence-corrected chi connectivity index (χ1v) is 7.94. The maximum atomic E-state index is 12.9. The van der Waals surface area contributed by atoms with Gasteiger partial charge in [-0.05, 0) is 38.2 Å². The van der Waals surface area contributed by atoms with Gasteiger partial charge in [-0.2, -0.15) is 0 Å². The maximum Gasteiger partial charge on any atom is 0.230 e. The van der Waals surface area contributed by atoms with E-state index in [1.807, 2.05) is 29.2 Å². The van der Waals surface area contributed by atoms with Crippen LogP contribution in [0.5, 0.6) is 5.75 Å². The number of fused-ring (bicyclic) bond motifs is 1. The van der Waals surface area contributed by atoms with Crippen molar-refractivity contribution >= 4 is 5.91 Å². The Bertz CT molecular complexity index is 503. The van der Waals surface area contributed by atoms with Crippen LogP contribution in [0.1, 0.15) is 43.6 Å². The van der Waals surface area contributed by atoms with E-state index in [1.54, 1.807) is 0 Å². The predicted molar refractivity (Wildman–Crippen MR) is 80.3 cm³/mol. The van der Waals surface area contributed by atoms with Crippen LogP contribution in [-0.2, 0) is 4.79 Å². The summed E-state index contributed by atoms with van der Waals surface area (Å²) in [5.41, 5.74) is 1.03. The minimum atomic E-state index is -0.0651. The quantitative estimate of drug-likeness (QED) is 0.925. The van der Waals surface area contributed by atoms with Crippen molar-refractivity contribution in [3.63, 3.8) is 0 Å². The number of nitrogens with zero attached hydrogens (tertiary/aromatic N) is 1. The van der Waals surface area contributed by atoms with Crippen LogP contribution in [0.15, 0.2) is 24.3 Å². The number of carbonyl (C=O) groups excluding carboxylic acids is 1. The van der Waals surface area contributed by atoms with Crippen LogP contribution in [0.3, 0.4) is 0 Å². The van der Waals surface area contributed by atoms with Crippen molar-refractivity contribution in [1.29, 1.82) is 0 Å². The Hall–Kier alpha value is -1.55. The molecule has 3 rings (SSSR count). The van der Waals surface area contributed by atoms with E-state index >= 15 is 0 Å². The Kier molecular flexibility index (Phi) is 4.44. The fraction of sp³-hybridized carbons (Fsp3) is 0.588. The second-order valence-electron chi connectivity index (χ2n) is 5.92. The lowest BCUT2D eigenvalue weighted by molar-refractivity contribution is -0.134. The SMILES string of the molecule is O=C(C1CCOc2ccccc21)N1CCCC1CCCO. The fourth-order valence-corrected chi connectivity index (χ4v) is 3.55. The molecule has 21 heavy (non-hydrogen) atoms. The van der Waals surface area contributed by atoms with Gasteiger partial charge >= 0.3 is 0 Å². The minimum Gasteiger partial charge on any atom is -0.493 e. The van der Waals surface area contributed by atoms with E-state index in [1.165, 1.54) is 0 Å². The van der Waals surface area contributed by atoms with Gasteiger partial charge in [-0.15, -0.1) is 0 Å². The molecule has 2 aliphatic rings. The van der Waals surface area contributed by atoms with Crippen molar-refractivity contribution in [2.75, 3.05) is 19.8 Å². The molecular weight excluding hydrogens is 266 g/mol. The monoisotopic (exact) mass is 289 g/mol. The molecule has 1 aromatic rings. The van der Waals surface area contributed by atoms with Crippen molar-refractivity contribution in [3.8, 4) is 5.75 Å². The van der Waals surface area contributed by atoms with E-state index in [0.29, 0.717) is 12.6 Å². The van der Waals surface area contributed by atoms with E-state index in [0.717, 1.165) is 50.0 Å². The molecule has 0 spiro atoms. The van der Waals surface area contributed by atoms with Crippen LogP contribution in [0, 0.1) is 0 Å². The summed E-state index contributed by atoms with van der Waals surface area (Å²) in [5, 5.41) is 9.01. The van der Waals surface area contributed by atoms with E-state index < -0.39 is 0 Å². The summed E-state index contributed by atoms with van der Waals surface area (Å²) in [6, 6.07) is 8.18. The standard InChI is InChI=1S/C17H23NO3/c19-11-4-6-13-5-3-10-18(13)17(20)15-9-12-21-16-8-2-1-7-14(15)16/h1-2,7-8,13,15,19H,3-6,9-12H2. The second-order valence-corrected chi connectivity index (χ2v) is 5.92. The third-order valence-corrected chi connectivity index (χ3v) is 4.61. The number of hydrogen-bond donors (Lipinski definition) is 1. The highest BCUT2D eigenvalue weighted by molar-refractivity contribution is 5.85. The summed E-state index contributed by atoms with van der Waals surface area (Å²) in [7, 11) is 0. The van der Waals surface area contributed by atoms with Gasteiger partial charge < -0.3 is 14.7 Å². The molecule has 114 valence electrons. The number of ether oxygens (including phenoxy) is 1. The van der Waals surface area contributed by atoms with Crippen LogP contribution in [0.4, 0.5) is 0 Å². The van der Waals surface area contributed by atoms with E-state index in [9.17, 15) is 4.79 Å². The second kappa shape index (κ2) is 6.48. The molecule has 1 N–H and O–H groups in total. The number of carbonyl (C=O) groups is 1. The molecule has 0 saturated carbocycles. The van der Waals surface area contributed by atoms with Gasteiger partial charge in [0.25, 0.3) is 0 Å². The molecule has 4 nitrogen and oxygen atoms in total. The number of likely N-dealkylation sites (tertiary alicyclic amines) is 1. The first-order valence-electron chi connectivity index (χ1n) is 7.94. The molecule has 0 bridgehead atoms. The molecule has 2 heterocycles. The molecule has 1 fully saturated rings. The summed E-state index contributed by atoms with van der Waals surface area (Å²) in [6.07, 6.45) is 4.59. The normalized spacial score (nSPS) is 24.5. The van der Waals surface area contributed by atoms with Crippen molar-refractivity contribution < 1.29 is 14.6 Å². The zero-order valence-corrected chi connectivity index (χ0v) is 12.3. The lowest BCUT2D eigenvalue weighted by Gasteiger charge is -2.32. The summed E-state index contributed by atoms with van der Waals surface area (Å²) < 4.78 is 5.65. The number of aliphatic hydroxyl groups is 1. The average Bonchev–Trinajstić information content (AvgIpc) is 3.00. The van der Waals surface area contributed by atoms with Gasteiger partial charge in [0.05, 0.1) is 12.5 Å². The zero-order chi connectivity index (χ0) is 14.7. The zero-order valence-electron chi connectivity index (χ0n) is 12.3. The number of para-hydroxylation sites is 1. The molecule has 0 radical (unpaired) electrons. The average molecular weight is 289 g/mol. The van der Waals surface area contributed by atoms with Gasteiger partial charge in [-0.1, -0.05) is 18.2 Å². The fourth-order valence-electron chi connectivity index (χ4n) is 3.55. The summed E-state index contributed by atoms with van der Waals surface area (Å²) in [4.78, 5) is 15.0. The smallest absolute Gasteiger partial charge is 0.230 e. The molecule has 2 unspecified atom stereocenters. The minimum absolute atomic E-state index is 0.0651. The summed E-state index contributed by atoms with van der Waals surface area (Å²) in [5.74, 6) is 1.03. The maximum absolute atomic E-state index is 12.9. The summed E-state index contributed by atoms with van der Waals surface area (Å²) in [6.45, 7) is 1.68. The van der Waals surface area contributed by atoms with Gasteiger partial charge in [-0.3, -0.25) is 4.79 Å². The summed E-state index contributed by atoms with van der Waals surface area (Å²) >= 11 is 0. The lowest BCUT2D eigenvalue weighted by Crippen LogP contribution is -2.40. The number of aliphatic hydroxyl groups excluding tert-OH is 1. The first kappa shape index (κ1) is 14.4. The van der Waals surface area contributed by atoms with Crippen molar-refractivity contribution in [2.45, 2.75) is 44.1 Å². The van der Waals surface area contributed by atoms with Crippen molar-refractivity contribution in [1.82, 2.24) is 4.90 Å². The third-order valence-electron chi connectivity index (χ3n) is 4.61. The Labute approximate surface area is 125 Å². The Morgan fingerprint density at radius 3 is 3.05 bits per heavy atom. The van der Waals surface area contributed by atoms with Gasteiger partial charge in [0.1, 0.15) is 5.75 Å². The van der Waals surface area contributed by atoms with Crippen LogP contribution in [0.25, 0.3) is 0 Å². The molecule has 0 aliphatic carbocycles. The number of amides is 1. The molecule has 1 aromatic carbocycles. The van der Waals surface area contributed by atoms with Gasteiger partial charge in [-0.25, -0.2) is 0 Å². The highest BCUT2D eigenvalue weighted by Gasteiger charge is 2.35. The van der Waals surface area contributed by atoms with E-state index in [4.69, 9.17) is 9.84 Å². The van der Waals surface area contributed by atoms with Crippen LogP contribution < -0.4 is 4.74 Å². The van der Waals surface area contributed by atoms with Crippen molar-refractivity contribution in [3.05, 3.63) is 29.8 Å².